The Balaban J connectivity index is 2.49. The molecule has 2 rings (SSSR count). The Bertz CT molecular complexity index is 644. The molecule has 2 aromatic rings. The molecule has 0 aliphatic carbocycles. The summed E-state index contributed by atoms with van der Waals surface area (Å²) >= 11 is 6.16. The number of ether oxygens (including phenoxy) is 2. The number of hydrogen-bond acceptors (Lipinski definition) is 3. The average Bonchev–Trinajstić information content (AvgIpc) is 2.45. The van der Waals surface area contributed by atoms with E-state index in [1.54, 1.807) is 12.1 Å². The van der Waals surface area contributed by atoms with Crippen LogP contribution in [0.2, 0.25) is 5.02 Å². The highest BCUT2D eigenvalue weighted by molar-refractivity contribution is 6.31. The lowest BCUT2D eigenvalue weighted by Gasteiger charge is -2.17. The van der Waals surface area contributed by atoms with Crippen LogP contribution in [0.5, 0.6) is 11.5 Å². The van der Waals surface area contributed by atoms with Crippen LogP contribution in [0.3, 0.4) is 0 Å². The summed E-state index contributed by atoms with van der Waals surface area (Å²) in [6.07, 6.45) is 0. The van der Waals surface area contributed by atoms with Crippen LogP contribution in [-0.2, 0) is 0 Å². The molecule has 2 N–H and O–H groups in total. The standard InChI is InChI=1S/C15H14ClF2NO2/c1-20-13-6-11(12(16)7-14(13)21-2)15(19)8-3-9(17)5-10(18)4-8/h3-7,15H,19H2,1-2H3. The first kappa shape index (κ1) is 15.5. The van der Waals surface area contributed by atoms with Crippen molar-refractivity contribution < 1.29 is 18.3 Å². The number of hydrogen-bond donors (Lipinski definition) is 1. The summed E-state index contributed by atoms with van der Waals surface area (Å²) in [4.78, 5) is 0. The molecule has 1 unspecified atom stereocenters. The van der Waals surface area contributed by atoms with E-state index in [1.807, 2.05) is 0 Å². The first-order valence-electron chi connectivity index (χ1n) is 6.09. The fourth-order valence-electron chi connectivity index (χ4n) is 2.04. The molecule has 0 aliphatic heterocycles. The van der Waals surface area contributed by atoms with E-state index in [9.17, 15) is 8.78 Å². The van der Waals surface area contributed by atoms with E-state index in [2.05, 4.69) is 0 Å². The van der Waals surface area contributed by atoms with Crippen LogP contribution in [0.4, 0.5) is 8.78 Å². The van der Waals surface area contributed by atoms with Gasteiger partial charge < -0.3 is 15.2 Å². The Labute approximate surface area is 126 Å². The van der Waals surface area contributed by atoms with E-state index in [0.717, 1.165) is 6.07 Å². The minimum absolute atomic E-state index is 0.279. The van der Waals surface area contributed by atoms with E-state index in [0.29, 0.717) is 22.1 Å². The SMILES string of the molecule is COc1cc(Cl)c(C(N)c2cc(F)cc(F)c2)cc1OC. The van der Waals surface area contributed by atoms with Crippen molar-refractivity contribution in [2.75, 3.05) is 14.2 Å². The molecule has 0 amide bonds. The van der Waals surface area contributed by atoms with Crippen molar-refractivity contribution >= 4 is 11.6 Å². The number of methoxy groups -OCH3 is 2. The highest BCUT2D eigenvalue weighted by atomic mass is 35.5. The van der Waals surface area contributed by atoms with Crippen molar-refractivity contribution in [3.8, 4) is 11.5 Å². The fraction of sp³-hybridized carbons (Fsp3) is 0.200. The van der Waals surface area contributed by atoms with Gasteiger partial charge in [-0.05, 0) is 29.3 Å². The first-order chi connectivity index (χ1) is 9.96. The molecule has 0 bridgehead atoms. The van der Waals surface area contributed by atoms with Crippen molar-refractivity contribution in [1.29, 1.82) is 0 Å². The quantitative estimate of drug-likeness (QED) is 0.936. The van der Waals surface area contributed by atoms with Crippen LogP contribution in [0.25, 0.3) is 0 Å². The number of nitrogens with two attached hydrogens (primary N) is 1. The Kier molecular flexibility index (Phi) is 4.65. The van der Waals surface area contributed by atoms with Gasteiger partial charge in [0.2, 0.25) is 0 Å². The third kappa shape index (κ3) is 3.25. The van der Waals surface area contributed by atoms with Gasteiger partial charge in [-0.3, -0.25) is 0 Å². The summed E-state index contributed by atoms with van der Waals surface area (Å²) in [5, 5.41) is 0.324. The monoisotopic (exact) mass is 313 g/mol. The lowest BCUT2D eigenvalue weighted by Crippen LogP contribution is -2.13. The largest absolute Gasteiger partial charge is 0.493 e. The normalized spacial score (nSPS) is 12.1. The maximum atomic E-state index is 13.3. The lowest BCUT2D eigenvalue weighted by atomic mass is 9.99. The maximum Gasteiger partial charge on any atom is 0.162 e. The molecule has 1 atom stereocenters. The predicted octanol–water partition coefficient (Wildman–Crippen LogP) is 3.68. The second-order valence-corrected chi connectivity index (χ2v) is 4.82. The molecule has 112 valence electrons. The molecule has 3 nitrogen and oxygen atoms in total. The zero-order valence-electron chi connectivity index (χ0n) is 11.5. The van der Waals surface area contributed by atoms with Crippen molar-refractivity contribution in [3.63, 3.8) is 0 Å². The molecule has 6 heteroatoms. The zero-order valence-corrected chi connectivity index (χ0v) is 12.2. The highest BCUT2D eigenvalue weighted by Crippen LogP contribution is 2.37. The lowest BCUT2D eigenvalue weighted by molar-refractivity contribution is 0.354. The van der Waals surface area contributed by atoms with E-state index < -0.39 is 17.7 Å². The fourth-order valence-corrected chi connectivity index (χ4v) is 2.31. The molecule has 0 aliphatic rings. The Hall–Kier alpha value is -1.85. The molecular weight excluding hydrogens is 300 g/mol. The van der Waals surface area contributed by atoms with E-state index in [-0.39, 0.29) is 5.56 Å². The molecular formula is C15H14ClF2NO2. The summed E-state index contributed by atoms with van der Waals surface area (Å²) in [5.41, 5.74) is 6.82. The second-order valence-electron chi connectivity index (χ2n) is 4.41. The molecule has 0 heterocycles. The van der Waals surface area contributed by atoms with Crippen LogP contribution in [0.1, 0.15) is 17.2 Å². The van der Waals surface area contributed by atoms with Gasteiger partial charge in [0.05, 0.1) is 20.3 Å². The molecule has 0 fully saturated rings. The van der Waals surface area contributed by atoms with Crippen molar-refractivity contribution in [2.45, 2.75) is 6.04 Å². The number of benzene rings is 2. The summed E-state index contributed by atoms with van der Waals surface area (Å²) in [5.74, 6) is -0.512. The third-order valence-corrected chi connectivity index (χ3v) is 3.41. The van der Waals surface area contributed by atoms with Crippen molar-refractivity contribution in [2.24, 2.45) is 5.73 Å². The minimum atomic E-state index is -0.789. The van der Waals surface area contributed by atoms with E-state index in [4.69, 9.17) is 26.8 Å². The van der Waals surface area contributed by atoms with E-state index in [1.165, 1.54) is 26.4 Å². The van der Waals surface area contributed by atoms with Gasteiger partial charge in [0, 0.05) is 17.2 Å². The molecule has 0 aromatic heterocycles. The zero-order chi connectivity index (χ0) is 15.6. The minimum Gasteiger partial charge on any atom is -0.493 e. The van der Waals surface area contributed by atoms with Gasteiger partial charge in [0.15, 0.2) is 11.5 Å². The summed E-state index contributed by atoms with van der Waals surface area (Å²) in [6, 6.07) is 5.47. The van der Waals surface area contributed by atoms with Crippen LogP contribution in [0, 0.1) is 11.6 Å². The second kappa shape index (κ2) is 6.28. The highest BCUT2D eigenvalue weighted by Gasteiger charge is 2.18. The van der Waals surface area contributed by atoms with Gasteiger partial charge in [-0.2, -0.15) is 0 Å². The van der Waals surface area contributed by atoms with Gasteiger partial charge in [-0.1, -0.05) is 11.6 Å². The molecule has 0 radical (unpaired) electrons. The summed E-state index contributed by atoms with van der Waals surface area (Å²) in [7, 11) is 2.96. The van der Waals surface area contributed by atoms with Crippen molar-refractivity contribution in [3.05, 3.63) is 58.1 Å². The molecule has 0 saturated heterocycles. The molecule has 21 heavy (non-hydrogen) atoms. The topological polar surface area (TPSA) is 44.5 Å². The van der Waals surface area contributed by atoms with Gasteiger partial charge in [-0.25, -0.2) is 8.78 Å². The smallest absolute Gasteiger partial charge is 0.162 e. The first-order valence-corrected chi connectivity index (χ1v) is 6.47. The van der Waals surface area contributed by atoms with Gasteiger partial charge in [0.1, 0.15) is 11.6 Å². The van der Waals surface area contributed by atoms with Crippen molar-refractivity contribution in [1.82, 2.24) is 0 Å². The van der Waals surface area contributed by atoms with Gasteiger partial charge in [0.25, 0.3) is 0 Å². The van der Waals surface area contributed by atoms with E-state index >= 15 is 0 Å². The average molecular weight is 314 g/mol. The van der Waals surface area contributed by atoms with Crippen LogP contribution in [0.15, 0.2) is 30.3 Å². The Morgan fingerprint density at radius 1 is 0.952 bits per heavy atom. The summed E-state index contributed by atoms with van der Waals surface area (Å²) in [6.45, 7) is 0. The molecule has 0 spiro atoms. The van der Waals surface area contributed by atoms with Crippen LogP contribution < -0.4 is 15.2 Å². The Morgan fingerprint density at radius 2 is 1.48 bits per heavy atom. The summed E-state index contributed by atoms with van der Waals surface area (Å²) < 4.78 is 36.9. The van der Waals surface area contributed by atoms with Crippen LogP contribution in [-0.4, -0.2) is 14.2 Å². The Morgan fingerprint density at radius 3 is 2.00 bits per heavy atom. The maximum absolute atomic E-state index is 13.3. The molecule has 0 saturated carbocycles. The number of halogens is 3. The molecule has 2 aromatic carbocycles. The van der Waals surface area contributed by atoms with Gasteiger partial charge in [-0.15, -0.1) is 0 Å². The number of rotatable bonds is 4. The van der Waals surface area contributed by atoms with Gasteiger partial charge >= 0.3 is 0 Å². The predicted molar refractivity (Wildman–Crippen MR) is 76.9 cm³/mol. The van der Waals surface area contributed by atoms with Crippen LogP contribution >= 0.6 is 11.6 Å². The third-order valence-electron chi connectivity index (χ3n) is 3.08.